The Balaban J connectivity index is 1.98. The molecule has 26 heavy (non-hydrogen) atoms. The van der Waals surface area contributed by atoms with E-state index in [2.05, 4.69) is 21.7 Å². The molecule has 142 valence electrons. The molecule has 6 nitrogen and oxygen atoms in total. The Bertz CT molecular complexity index is 789. The van der Waals surface area contributed by atoms with Gasteiger partial charge in [0.25, 0.3) is 0 Å². The minimum atomic E-state index is -0.262. The summed E-state index contributed by atoms with van der Waals surface area (Å²) in [4.78, 5) is 28.1. The lowest BCUT2D eigenvalue weighted by atomic mass is 10.2. The van der Waals surface area contributed by atoms with Crippen LogP contribution < -0.4 is 4.90 Å². The fraction of sp³-hybridized carbons (Fsp3) is 0.632. The number of thiophene rings is 1. The zero-order valence-electron chi connectivity index (χ0n) is 16.2. The summed E-state index contributed by atoms with van der Waals surface area (Å²) in [5.74, 6) is 1.45. The Labute approximate surface area is 159 Å². The summed E-state index contributed by atoms with van der Waals surface area (Å²) in [5.41, 5.74) is 0.938. The van der Waals surface area contributed by atoms with Gasteiger partial charge in [0.15, 0.2) is 0 Å². The number of nitrogens with zero attached hydrogens (tertiary/aromatic N) is 4. The molecule has 3 rings (SSSR count). The van der Waals surface area contributed by atoms with Crippen LogP contribution in [0.5, 0.6) is 0 Å². The topological polar surface area (TPSA) is 58.6 Å². The van der Waals surface area contributed by atoms with Crippen LogP contribution in [0.2, 0.25) is 0 Å². The van der Waals surface area contributed by atoms with E-state index in [1.807, 2.05) is 20.8 Å². The molecule has 0 amide bonds. The first-order valence-corrected chi connectivity index (χ1v) is 10.3. The lowest BCUT2D eigenvalue weighted by Gasteiger charge is -2.23. The maximum Gasteiger partial charge on any atom is 0.348 e. The molecule has 7 heteroatoms. The molecule has 0 unspecified atom stereocenters. The molecule has 0 aromatic carbocycles. The van der Waals surface area contributed by atoms with Crippen LogP contribution in [0, 0.1) is 13.8 Å². The minimum Gasteiger partial charge on any atom is -0.462 e. The number of aromatic nitrogens is 2. The fourth-order valence-corrected chi connectivity index (χ4v) is 4.68. The van der Waals surface area contributed by atoms with Gasteiger partial charge < -0.3 is 14.5 Å². The van der Waals surface area contributed by atoms with Gasteiger partial charge in [-0.15, -0.1) is 11.3 Å². The Morgan fingerprint density at radius 2 is 1.96 bits per heavy atom. The van der Waals surface area contributed by atoms with Crippen LogP contribution in [0.3, 0.4) is 0 Å². The summed E-state index contributed by atoms with van der Waals surface area (Å²) in [6.45, 7) is 13.6. The van der Waals surface area contributed by atoms with Gasteiger partial charge >= 0.3 is 5.97 Å². The quantitative estimate of drug-likeness (QED) is 0.746. The number of rotatable bonds is 5. The number of esters is 1. The van der Waals surface area contributed by atoms with E-state index in [9.17, 15) is 4.79 Å². The highest BCUT2D eigenvalue weighted by Gasteiger charge is 2.24. The van der Waals surface area contributed by atoms with Crippen molar-refractivity contribution in [2.75, 3.05) is 44.2 Å². The van der Waals surface area contributed by atoms with Crippen LogP contribution >= 0.6 is 11.3 Å². The van der Waals surface area contributed by atoms with Crippen LogP contribution in [-0.2, 0) is 4.74 Å². The van der Waals surface area contributed by atoms with Crippen molar-refractivity contribution in [2.45, 2.75) is 40.5 Å². The van der Waals surface area contributed by atoms with E-state index in [1.54, 1.807) is 0 Å². The molecule has 2 aromatic rings. The van der Waals surface area contributed by atoms with Crippen molar-refractivity contribution in [2.24, 2.45) is 0 Å². The third-order valence-electron chi connectivity index (χ3n) is 4.77. The van der Waals surface area contributed by atoms with Crippen LogP contribution in [0.4, 0.5) is 5.82 Å². The first-order valence-electron chi connectivity index (χ1n) is 9.47. The lowest BCUT2D eigenvalue weighted by Crippen LogP contribution is -2.31. The van der Waals surface area contributed by atoms with Crippen molar-refractivity contribution in [3.05, 3.63) is 16.3 Å². The van der Waals surface area contributed by atoms with E-state index < -0.39 is 0 Å². The van der Waals surface area contributed by atoms with Crippen LogP contribution in [0.25, 0.3) is 10.2 Å². The van der Waals surface area contributed by atoms with Crippen molar-refractivity contribution < 1.29 is 9.53 Å². The first-order chi connectivity index (χ1) is 12.5. The molecular weight excluding hydrogens is 348 g/mol. The largest absolute Gasteiger partial charge is 0.462 e. The number of ether oxygens (including phenoxy) is 1. The third kappa shape index (κ3) is 3.83. The highest BCUT2D eigenvalue weighted by Crippen LogP contribution is 2.36. The second kappa shape index (κ2) is 8.31. The summed E-state index contributed by atoms with van der Waals surface area (Å²) >= 11 is 1.42. The Hall–Kier alpha value is -1.73. The number of hydrogen-bond donors (Lipinski definition) is 0. The molecule has 0 atom stereocenters. The standard InChI is InChI=1S/C19H28N4O2S/c1-5-8-22-9-7-10-23(12-11-22)17-15-13(3)16(19(24)25-6-2)26-18(15)21-14(4)20-17/h5-12H2,1-4H3. The maximum atomic E-state index is 12.3. The van der Waals surface area contributed by atoms with Gasteiger partial charge in [0.2, 0.25) is 0 Å². The highest BCUT2D eigenvalue weighted by atomic mass is 32.1. The molecule has 1 aliphatic heterocycles. The van der Waals surface area contributed by atoms with Gasteiger partial charge in [0.05, 0.1) is 12.0 Å². The third-order valence-corrected chi connectivity index (χ3v) is 5.94. The highest BCUT2D eigenvalue weighted by molar-refractivity contribution is 7.20. The predicted molar refractivity (Wildman–Crippen MR) is 106 cm³/mol. The summed E-state index contributed by atoms with van der Waals surface area (Å²) in [7, 11) is 0. The smallest absolute Gasteiger partial charge is 0.348 e. The van der Waals surface area contributed by atoms with Crippen molar-refractivity contribution in [1.29, 1.82) is 0 Å². The molecular formula is C19H28N4O2S. The molecule has 0 radical (unpaired) electrons. The zero-order valence-corrected chi connectivity index (χ0v) is 17.0. The van der Waals surface area contributed by atoms with Gasteiger partial charge in [0.1, 0.15) is 21.3 Å². The second-order valence-corrected chi connectivity index (χ2v) is 7.73. The number of carbonyl (C=O) groups is 1. The molecule has 0 saturated carbocycles. The van der Waals surface area contributed by atoms with Gasteiger partial charge in [-0.1, -0.05) is 6.92 Å². The summed E-state index contributed by atoms with van der Waals surface area (Å²) in [6, 6.07) is 0. The predicted octanol–water partition coefficient (Wildman–Crippen LogP) is 3.41. The summed E-state index contributed by atoms with van der Waals surface area (Å²) in [5, 5.41) is 1.01. The number of fused-ring (bicyclic) bond motifs is 1. The molecule has 0 N–H and O–H groups in total. The maximum absolute atomic E-state index is 12.3. The van der Waals surface area contributed by atoms with Gasteiger partial charge in [0, 0.05) is 19.6 Å². The van der Waals surface area contributed by atoms with E-state index in [-0.39, 0.29) is 5.97 Å². The average molecular weight is 377 g/mol. The molecule has 0 aliphatic carbocycles. The van der Waals surface area contributed by atoms with E-state index in [1.165, 1.54) is 17.8 Å². The van der Waals surface area contributed by atoms with Gasteiger partial charge in [-0.3, -0.25) is 0 Å². The van der Waals surface area contributed by atoms with Crippen molar-refractivity contribution in [3.8, 4) is 0 Å². The second-order valence-electron chi connectivity index (χ2n) is 6.73. The monoisotopic (exact) mass is 376 g/mol. The van der Waals surface area contributed by atoms with Gasteiger partial charge in [-0.2, -0.15) is 0 Å². The van der Waals surface area contributed by atoms with E-state index in [0.717, 1.165) is 66.6 Å². The average Bonchev–Trinajstić information content (AvgIpc) is 2.79. The molecule has 2 aromatic heterocycles. The number of hydrogen-bond acceptors (Lipinski definition) is 7. The van der Waals surface area contributed by atoms with Crippen molar-refractivity contribution in [1.82, 2.24) is 14.9 Å². The first kappa shape index (κ1) is 19.0. The fourth-order valence-electron chi connectivity index (χ4n) is 3.56. The zero-order chi connectivity index (χ0) is 18.7. The van der Waals surface area contributed by atoms with E-state index in [0.29, 0.717) is 11.5 Å². The number of aryl methyl sites for hydroxylation is 2. The number of anilines is 1. The Kier molecular flexibility index (Phi) is 6.09. The van der Waals surface area contributed by atoms with Crippen molar-refractivity contribution >= 4 is 33.3 Å². The minimum absolute atomic E-state index is 0.262. The van der Waals surface area contributed by atoms with Crippen LogP contribution in [0.1, 0.15) is 47.7 Å². The molecule has 1 fully saturated rings. The summed E-state index contributed by atoms with van der Waals surface area (Å²) < 4.78 is 5.22. The summed E-state index contributed by atoms with van der Waals surface area (Å²) in [6.07, 6.45) is 2.31. The van der Waals surface area contributed by atoms with Gasteiger partial charge in [-0.05, 0) is 52.3 Å². The van der Waals surface area contributed by atoms with Crippen LogP contribution in [0.15, 0.2) is 0 Å². The molecule has 0 spiro atoms. The number of carbonyl (C=O) groups excluding carboxylic acids is 1. The normalized spacial score (nSPS) is 16.1. The van der Waals surface area contributed by atoms with Crippen molar-refractivity contribution in [3.63, 3.8) is 0 Å². The lowest BCUT2D eigenvalue weighted by molar-refractivity contribution is 0.0531. The van der Waals surface area contributed by atoms with E-state index in [4.69, 9.17) is 9.72 Å². The Morgan fingerprint density at radius 3 is 2.69 bits per heavy atom. The van der Waals surface area contributed by atoms with E-state index >= 15 is 0 Å². The Morgan fingerprint density at radius 1 is 1.15 bits per heavy atom. The SMILES string of the molecule is CCCN1CCCN(c2nc(C)nc3sc(C(=O)OCC)c(C)c23)CC1. The molecule has 0 bridgehead atoms. The molecule has 1 saturated heterocycles. The van der Waals surface area contributed by atoms with Crippen LogP contribution in [-0.4, -0.2) is 60.2 Å². The van der Waals surface area contributed by atoms with Gasteiger partial charge in [-0.25, -0.2) is 14.8 Å². The molecule has 3 heterocycles. The molecule has 1 aliphatic rings.